The fourth-order valence-electron chi connectivity index (χ4n) is 4.57. The van der Waals surface area contributed by atoms with E-state index in [-0.39, 0.29) is 40.4 Å². The van der Waals surface area contributed by atoms with E-state index in [2.05, 4.69) is 5.32 Å². The lowest BCUT2D eigenvalue weighted by Crippen LogP contribution is -2.49. The molecule has 10 heteroatoms. The molecule has 32 heavy (non-hydrogen) atoms. The van der Waals surface area contributed by atoms with Crippen LogP contribution in [0.2, 0.25) is 0 Å². The average molecular weight is 461 g/mol. The number of piperidine rings is 1. The second-order valence-corrected chi connectivity index (χ2v) is 10.6. The van der Waals surface area contributed by atoms with Gasteiger partial charge in [0.15, 0.2) is 0 Å². The number of aromatic nitrogens is 1. The number of benzene rings is 1. The van der Waals surface area contributed by atoms with E-state index in [1.54, 1.807) is 53.9 Å². The smallest absolute Gasteiger partial charge is 0.274 e. The number of carbonyl (C=O) groups excluding carboxylic acids is 1. The summed E-state index contributed by atoms with van der Waals surface area (Å²) in [5.41, 5.74) is 0.825. The van der Waals surface area contributed by atoms with E-state index in [0.717, 1.165) is 12.1 Å². The van der Waals surface area contributed by atoms with E-state index in [1.807, 2.05) is 6.07 Å². The summed E-state index contributed by atoms with van der Waals surface area (Å²) >= 11 is 0. The first kappa shape index (κ1) is 22.5. The third-order valence-corrected chi connectivity index (χ3v) is 7.85. The SMILES string of the molecule is COc1ccc(S(=O)(=O)N2C[C@H]3C[C@H](C2)c2ccc(NC(=O)CN(C)C)c(=O)n2C3)cc1. The van der Waals surface area contributed by atoms with Crippen molar-refractivity contribution in [1.29, 1.82) is 0 Å². The molecule has 1 N–H and O–H groups in total. The molecule has 2 aliphatic rings. The van der Waals surface area contributed by atoms with Crippen LogP contribution in [-0.2, 0) is 21.4 Å². The zero-order chi connectivity index (χ0) is 23.0. The lowest BCUT2D eigenvalue weighted by atomic mass is 9.84. The van der Waals surface area contributed by atoms with Gasteiger partial charge in [-0.1, -0.05) is 0 Å². The van der Waals surface area contributed by atoms with E-state index < -0.39 is 10.0 Å². The van der Waals surface area contributed by atoms with Gasteiger partial charge in [0.05, 0.1) is 18.6 Å². The minimum atomic E-state index is -3.65. The van der Waals surface area contributed by atoms with E-state index in [9.17, 15) is 18.0 Å². The van der Waals surface area contributed by atoms with Gasteiger partial charge in [-0.25, -0.2) is 8.42 Å². The highest BCUT2D eigenvalue weighted by Gasteiger charge is 2.39. The Balaban J connectivity index is 1.58. The fraction of sp³-hybridized carbons (Fsp3) is 0.455. The van der Waals surface area contributed by atoms with Crippen molar-refractivity contribution in [2.45, 2.75) is 23.8 Å². The fourth-order valence-corrected chi connectivity index (χ4v) is 6.13. The van der Waals surface area contributed by atoms with Crippen molar-refractivity contribution in [3.8, 4) is 5.75 Å². The quantitative estimate of drug-likeness (QED) is 0.695. The highest BCUT2D eigenvalue weighted by Crippen LogP contribution is 2.37. The maximum absolute atomic E-state index is 13.2. The zero-order valence-electron chi connectivity index (χ0n) is 18.4. The van der Waals surface area contributed by atoms with Crippen LogP contribution in [0.1, 0.15) is 18.0 Å². The topological polar surface area (TPSA) is 101 Å². The van der Waals surface area contributed by atoms with Gasteiger partial charge in [0.25, 0.3) is 5.56 Å². The number of carbonyl (C=O) groups is 1. The van der Waals surface area contributed by atoms with Crippen molar-refractivity contribution in [3.63, 3.8) is 0 Å². The van der Waals surface area contributed by atoms with Gasteiger partial charge in [0.1, 0.15) is 11.4 Å². The minimum Gasteiger partial charge on any atom is -0.497 e. The number of amides is 1. The monoisotopic (exact) mass is 460 g/mol. The van der Waals surface area contributed by atoms with Crippen LogP contribution >= 0.6 is 0 Å². The van der Waals surface area contributed by atoms with Crippen molar-refractivity contribution in [2.75, 3.05) is 46.2 Å². The molecule has 0 radical (unpaired) electrons. The number of ether oxygens (including phenoxy) is 1. The van der Waals surface area contributed by atoms with Crippen LogP contribution in [0.15, 0.2) is 46.1 Å². The third-order valence-electron chi connectivity index (χ3n) is 6.00. The Morgan fingerprint density at radius 3 is 2.50 bits per heavy atom. The largest absolute Gasteiger partial charge is 0.497 e. The number of methoxy groups -OCH3 is 1. The van der Waals surface area contributed by atoms with Gasteiger partial charge in [-0.2, -0.15) is 4.31 Å². The Kier molecular flexibility index (Phi) is 6.11. The van der Waals surface area contributed by atoms with E-state index in [0.29, 0.717) is 25.4 Å². The molecule has 0 unspecified atom stereocenters. The highest BCUT2D eigenvalue weighted by molar-refractivity contribution is 7.89. The zero-order valence-corrected chi connectivity index (χ0v) is 19.3. The standard InChI is InChI=1S/C22H28N4O5S/c1-24(2)14-21(27)23-19-8-9-20-16-10-15(12-26(20)22(19)28)11-25(13-16)32(29,30)18-6-4-17(31-3)5-7-18/h4-9,15-16H,10-14H2,1-3H3,(H,23,27)/t15-,16-/m1/s1. The molecule has 1 fully saturated rings. The maximum Gasteiger partial charge on any atom is 0.274 e. The van der Waals surface area contributed by atoms with Gasteiger partial charge in [-0.3, -0.25) is 9.59 Å². The lowest BCUT2D eigenvalue weighted by Gasteiger charge is -2.42. The van der Waals surface area contributed by atoms with Gasteiger partial charge in [-0.05, 0) is 62.8 Å². The molecule has 2 aliphatic heterocycles. The Bertz CT molecular complexity index is 1170. The first-order chi connectivity index (χ1) is 15.2. The van der Waals surface area contributed by atoms with E-state index >= 15 is 0 Å². The predicted octanol–water partition coefficient (Wildman–Crippen LogP) is 1.17. The molecule has 9 nitrogen and oxygen atoms in total. The van der Waals surface area contributed by atoms with Gasteiger partial charge < -0.3 is 19.5 Å². The summed E-state index contributed by atoms with van der Waals surface area (Å²) in [6, 6.07) is 9.84. The van der Waals surface area contributed by atoms with Crippen LogP contribution in [0.25, 0.3) is 0 Å². The third kappa shape index (κ3) is 4.30. The van der Waals surface area contributed by atoms with Crippen molar-refractivity contribution in [3.05, 3.63) is 52.4 Å². The van der Waals surface area contributed by atoms with Crippen molar-refractivity contribution in [1.82, 2.24) is 13.8 Å². The van der Waals surface area contributed by atoms with Gasteiger partial charge in [0, 0.05) is 31.2 Å². The molecule has 0 saturated carbocycles. The second kappa shape index (κ2) is 8.68. The molecular formula is C22H28N4O5S. The number of nitrogens with one attached hydrogen (secondary N) is 1. The van der Waals surface area contributed by atoms with Crippen LogP contribution < -0.4 is 15.6 Å². The first-order valence-corrected chi connectivity index (χ1v) is 12.0. The molecule has 1 amide bonds. The van der Waals surface area contributed by atoms with Crippen LogP contribution in [0.4, 0.5) is 5.69 Å². The van der Waals surface area contributed by atoms with E-state index in [4.69, 9.17) is 4.74 Å². The van der Waals surface area contributed by atoms with Crippen molar-refractivity contribution < 1.29 is 17.9 Å². The number of anilines is 1. The second-order valence-electron chi connectivity index (χ2n) is 8.67. The number of fused-ring (bicyclic) bond motifs is 4. The summed E-state index contributed by atoms with van der Waals surface area (Å²) < 4.78 is 34.8. The number of hydrogen-bond acceptors (Lipinski definition) is 6. The Labute approximate surface area is 187 Å². The minimum absolute atomic E-state index is 0.0275. The molecule has 1 saturated heterocycles. The number of nitrogens with zero attached hydrogens (tertiary/aromatic N) is 3. The summed E-state index contributed by atoms with van der Waals surface area (Å²) in [6.45, 7) is 1.28. The molecule has 0 spiro atoms. The van der Waals surface area contributed by atoms with Crippen molar-refractivity contribution >= 4 is 21.6 Å². The number of likely N-dealkylation sites (N-methyl/N-ethyl adjacent to an activating group) is 1. The summed E-state index contributed by atoms with van der Waals surface area (Å²) in [5.74, 6) is 0.302. The summed E-state index contributed by atoms with van der Waals surface area (Å²) in [7, 11) is 1.45. The Morgan fingerprint density at radius 2 is 1.84 bits per heavy atom. The Hall–Kier alpha value is -2.69. The average Bonchev–Trinajstić information content (AvgIpc) is 2.75. The molecule has 2 aromatic rings. The molecule has 3 heterocycles. The molecule has 2 bridgehead atoms. The Morgan fingerprint density at radius 1 is 1.12 bits per heavy atom. The number of hydrogen-bond donors (Lipinski definition) is 1. The van der Waals surface area contributed by atoms with E-state index in [1.165, 1.54) is 11.4 Å². The van der Waals surface area contributed by atoms with Crippen LogP contribution in [0, 0.1) is 5.92 Å². The first-order valence-electron chi connectivity index (χ1n) is 10.5. The molecule has 4 rings (SSSR count). The number of sulfonamides is 1. The highest BCUT2D eigenvalue weighted by atomic mass is 32.2. The number of rotatable bonds is 6. The van der Waals surface area contributed by atoms with Gasteiger partial charge in [0.2, 0.25) is 15.9 Å². The maximum atomic E-state index is 13.2. The number of pyridine rings is 1. The molecule has 172 valence electrons. The van der Waals surface area contributed by atoms with Gasteiger partial charge >= 0.3 is 0 Å². The summed E-state index contributed by atoms with van der Waals surface area (Å²) in [4.78, 5) is 27.1. The normalized spacial score (nSPS) is 20.6. The van der Waals surface area contributed by atoms with Crippen LogP contribution in [0.5, 0.6) is 5.75 Å². The van der Waals surface area contributed by atoms with Crippen molar-refractivity contribution in [2.24, 2.45) is 5.92 Å². The molecule has 1 aromatic carbocycles. The summed E-state index contributed by atoms with van der Waals surface area (Å²) in [6.07, 6.45) is 0.834. The predicted molar refractivity (Wildman–Crippen MR) is 120 cm³/mol. The summed E-state index contributed by atoms with van der Waals surface area (Å²) in [5, 5.41) is 2.69. The molecule has 2 atom stereocenters. The molecule has 1 aromatic heterocycles. The molecular weight excluding hydrogens is 432 g/mol. The lowest BCUT2D eigenvalue weighted by molar-refractivity contribution is -0.116. The van der Waals surface area contributed by atoms with Gasteiger partial charge in [-0.15, -0.1) is 0 Å². The van der Waals surface area contributed by atoms with Crippen LogP contribution in [-0.4, -0.2) is 68.9 Å². The van der Waals surface area contributed by atoms with Crippen LogP contribution in [0.3, 0.4) is 0 Å². The molecule has 0 aliphatic carbocycles.